The number of fused-ring (bicyclic) bond motifs is 4. The molecule has 4 aliphatic heterocycles. The summed E-state index contributed by atoms with van der Waals surface area (Å²) in [5.74, 6) is 1.83. The second kappa shape index (κ2) is 5.36. The number of piperidine rings is 3. The molecule has 2 aromatic rings. The SMILES string of the molecule is C/C=C1\CN2C3Cc4c(n(C)c5ccc(OC)cc45)[C@@H]2C[C@@H]1C3CO. The van der Waals surface area contributed by atoms with Gasteiger partial charge in [-0.3, -0.25) is 4.90 Å². The van der Waals surface area contributed by atoms with Gasteiger partial charge in [0.2, 0.25) is 0 Å². The Labute approximate surface area is 148 Å². The van der Waals surface area contributed by atoms with E-state index in [0.29, 0.717) is 30.5 Å². The second-order valence-electron chi connectivity index (χ2n) is 7.82. The molecule has 0 amide bonds. The van der Waals surface area contributed by atoms with E-state index in [-0.39, 0.29) is 0 Å². The highest BCUT2D eigenvalue weighted by Gasteiger charge is 2.52. The molecule has 3 saturated heterocycles. The summed E-state index contributed by atoms with van der Waals surface area (Å²) in [6.45, 7) is 3.51. The van der Waals surface area contributed by atoms with Crippen LogP contribution in [0.25, 0.3) is 10.9 Å². The number of benzene rings is 1. The van der Waals surface area contributed by atoms with Crippen LogP contribution in [0.4, 0.5) is 0 Å². The number of rotatable bonds is 2. The molecular formula is C21H26N2O2. The lowest BCUT2D eigenvalue weighted by Gasteiger charge is -2.58. The smallest absolute Gasteiger partial charge is 0.119 e. The second-order valence-corrected chi connectivity index (χ2v) is 7.82. The average molecular weight is 338 g/mol. The fraction of sp³-hybridized carbons (Fsp3) is 0.524. The van der Waals surface area contributed by atoms with E-state index in [1.807, 2.05) is 0 Å². The van der Waals surface area contributed by atoms with E-state index in [1.165, 1.54) is 27.7 Å². The van der Waals surface area contributed by atoms with E-state index in [4.69, 9.17) is 4.74 Å². The van der Waals surface area contributed by atoms with Crippen molar-refractivity contribution in [1.29, 1.82) is 0 Å². The number of ether oxygens (including phenoxy) is 1. The van der Waals surface area contributed by atoms with Gasteiger partial charge in [-0.2, -0.15) is 0 Å². The molecule has 0 radical (unpaired) electrons. The molecule has 0 aliphatic carbocycles. The highest BCUT2D eigenvalue weighted by Crippen LogP contribution is 2.54. The maximum atomic E-state index is 10.1. The Balaban J connectivity index is 1.71. The first-order valence-corrected chi connectivity index (χ1v) is 9.34. The van der Waals surface area contributed by atoms with Gasteiger partial charge in [-0.15, -0.1) is 0 Å². The predicted octanol–water partition coefficient (Wildman–Crippen LogP) is 3.04. The molecule has 5 heterocycles. The van der Waals surface area contributed by atoms with Gasteiger partial charge in [-0.1, -0.05) is 11.6 Å². The summed E-state index contributed by atoms with van der Waals surface area (Å²) < 4.78 is 7.87. The summed E-state index contributed by atoms with van der Waals surface area (Å²) in [7, 11) is 3.94. The van der Waals surface area contributed by atoms with Gasteiger partial charge in [-0.25, -0.2) is 0 Å². The number of aromatic nitrogens is 1. The van der Waals surface area contributed by atoms with Crippen LogP contribution in [-0.2, 0) is 13.5 Å². The van der Waals surface area contributed by atoms with Crippen LogP contribution in [0, 0.1) is 11.8 Å². The maximum Gasteiger partial charge on any atom is 0.119 e. The Morgan fingerprint density at radius 2 is 2.20 bits per heavy atom. The molecule has 3 fully saturated rings. The van der Waals surface area contributed by atoms with Crippen LogP contribution >= 0.6 is 0 Å². The van der Waals surface area contributed by atoms with Crippen molar-refractivity contribution in [3.05, 3.63) is 41.1 Å². The molecule has 5 atom stereocenters. The number of nitrogens with zero attached hydrogens (tertiary/aromatic N) is 2. The minimum Gasteiger partial charge on any atom is -0.497 e. The lowest BCUT2D eigenvalue weighted by molar-refractivity contribution is -0.0513. The van der Waals surface area contributed by atoms with Crippen molar-refractivity contribution in [1.82, 2.24) is 9.47 Å². The van der Waals surface area contributed by atoms with E-state index < -0.39 is 0 Å². The Morgan fingerprint density at radius 1 is 1.36 bits per heavy atom. The van der Waals surface area contributed by atoms with Crippen molar-refractivity contribution >= 4 is 10.9 Å². The summed E-state index contributed by atoms with van der Waals surface area (Å²) >= 11 is 0. The molecule has 0 spiro atoms. The number of hydrogen-bond acceptors (Lipinski definition) is 3. The van der Waals surface area contributed by atoms with Gasteiger partial charge in [0.1, 0.15) is 5.75 Å². The molecule has 0 saturated carbocycles. The largest absolute Gasteiger partial charge is 0.497 e. The quantitative estimate of drug-likeness (QED) is 0.855. The van der Waals surface area contributed by atoms with Crippen molar-refractivity contribution in [2.45, 2.75) is 31.8 Å². The number of aliphatic hydroxyl groups excluding tert-OH is 1. The Kier molecular flexibility index (Phi) is 3.32. The lowest BCUT2D eigenvalue weighted by Crippen LogP contribution is -2.61. The molecule has 25 heavy (non-hydrogen) atoms. The first kappa shape index (κ1) is 15.5. The highest BCUT2D eigenvalue weighted by atomic mass is 16.5. The molecular weight excluding hydrogens is 312 g/mol. The Bertz CT molecular complexity index is 882. The van der Waals surface area contributed by atoms with Crippen molar-refractivity contribution < 1.29 is 9.84 Å². The maximum absolute atomic E-state index is 10.1. The average Bonchev–Trinajstić information content (AvgIpc) is 2.93. The third-order valence-corrected chi connectivity index (χ3v) is 7.03. The molecule has 1 aromatic carbocycles. The molecule has 4 aliphatic rings. The minimum atomic E-state index is 0.291. The number of hydrogen-bond donors (Lipinski definition) is 1. The first-order chi connectivity index (χ1) is 12.2. The first-order valence-electron chi connectivity index (χ1n) is 9.34. The van der Waals surface area contributed by atoms with Crippen molar-refractivity contribution in [3.8, 4) is 5.75 Å². The summed E-state index contributed by atoms with van der Waals surface area (Å²) in [4.78, 5) is 2.66. The predicted molar refractivity (Wildman–Crippen MR) is 98.8 cm³/mol. The molecule has 4 bridgehead atoms. The minimum absolute atomic E-state index is 0.291. The number of aryl methyl sites for hydroxylation is 1. The van der Waals surface area contributed by atoms with Gasteiger partial charge < -0.3 is 14.4 Å². The van der Waals surface area contributed by atoms with E-state index >= 15 is 0 Å². The zero-order valence-electron chi connectivity index (χ0n) is 15.2. The van der Waals surface area contributed by atoms with Crippen LogP contribution in [0.3, 0.4) is 0 Å². The van der Waals surface area contributed by atoms with Crippen LogP contribution in [0.2, 0.25) is 0 Å². The monoisotopic (exact) mass is 338 g/mol. The van der Waals surface area contributed by atoms with Gasteiger partial charge in [0.25, 0.3) is 0 Å². The van der Waals surface area contributed by atoms with Crippen molar-refractivity contribution in [2.75, 3.05) is 20.3 Å². The fourth-order valence-electron chi connectivity index (χ4n) is 5.86. The number of allylic oxidation sites excluding steroid dienone is 1. The molecule has 1 N–H and O–H groups in total. The van der Waals surface area contributed by atoms with Gasteiger partial charge in [0.15, 0.2) is 0 Å². The molecule has 132 valence electrons. The zero-order valence-corrected chi connectivity index (χ0v) is 15.2. The van der Waals surface area contributed by atoms with E-state index in [0.717, 1.165) is 25.1 Å². The Hall–Kier alpha value is -1.78. The van der Waals surface area contributed by atoms with Gasteiger partial charge >= 0.3 is 0 Å². The molecule has 4 nitrogen and oxygen atoms in total. The molecule has 3 unspecified atom stereocenters. The van der Waals surface area contributed by atoms with E-state index in [9.17, 15) is 5.11 Å². The zero-order chi connectivity index (χ0) is 17.3. The van der Waals surface area contributed by atoms with Crippen LogP contribution in [0.1, 0.15) is 30.6 Å². The van der Waals surface area contributed by atoms with Crippen LogP contribution < -0.4 is 4.74 Å². The van der Waals surface area contributed by atoms with E-state index in [1.54, 1.807) is 7.11 Å². The number of methoxy groups -OCH3 is 1. The third-order valence-electron chi connectivity index (χ3n) is 7.03. The fourth-order valence-corrected chi connectivity index (χ4v) is 5.86. The molecule has 1 aromatic heterocycles. The van der Waals surface area contributed by atoms with Crippen LogP contribution in [0.5, 0.6) is 5.75 Å². The topological polar surface area (TPSA) is 37.6 Å². The normalized spacial score (nSPS) is 34.6. The lowest BCUT2D eigenvalue weighted by atomic mass is 9.64. The van der Waals surface area contributed by atoms with Crippen LogP contribution in [-0.4, -0.2) is 40.9 Å². The van der Waals surface area contributed by atoms with Crippen molar-refractivity contribution in [2.24, 2.45) is 18.9 Å². The van der Waals surface area contributed by atoms with Gasteiger partial charge in [0.05, 0.1) is 13.2 Å². The van der Waals surface area contributed by atoms with Crippen LogP contribution in [0.15, 0.2) is 29.8 Å². The molecule has 6 rings (SSSR count). The van der Waals surface area contributed by atoms with Gasteiger partial charge in [-0.05, 0) is 49.4 Å². The van der Waals surface area contributed by atoms with Gasteiger partial charge in [0, 0.05) is 48.8 Å². The highest BCUT2D eigenvalue weighted by molar-refractivity contribution is 5.87. The summed E-state index contributed by atoms with van der Waals surface area (Å²) in [5.41, 5.74) is 5.78. The summed E-state index contributed by atoms with van der Waals surface area (Å²) in [6, 6.07) is 7.37. The van der Waals surface area contributed by atoms with E-state index in [2.05, 4.69) is 47.7 Å². The van der Waals surface area contributed by atoms with Crippen molar-refractivity contribution in [3.63, 3.8) is 0 Å². The molecule has 4 heteroatoms. The third kappa shape index (κ3) is 1.90. The summed E-state index contributed by atoms with van der Waals surface area (Å²) in [6.07, 6.45) is 4.45. The number of aliphatic hydroxyl groups is 1. The standard InChI is InChI=1S/C21H26N2O2/c1-4-12-10-23-19-9-16-15-7-13(25-3)5-6-18(15)22(2)21(16)20(23)8-14(12)17(19)11-24/h4-7,14,17,19-20,24H,8-11H2,1-3H3/b12-4+/t14-,17?,19?,20-/m0/s1. The summed E-state index contributed by atoms with van der Waals surface area (Å²) in [5, 5.41) is 11.4. The Morgan fingerprint density at radius 3 is 2.92 bits per heavy atom.